The number of ether oxygens (including phenoxy) is 2. The molecular weight excluding hydrogens is 286 g/mol. The van der Waals surface area contributed by atoms with Crippen LogP contribution in [-0.4, -0.2) is 49.7 Å². The highest BCUT2D eigenvalue weighted by atomic mass is 16.7. The van der Waals surface area contributed by atoms with Crippen LogP contribution in [0.3, 0.4) is 0 Å². The molecule has 1 saturated heterocycles. The van der Waals surface area contributed by atoms with Crippen LogP contribution in [0.15, 0.2) is 18.2 Å². The van der Waals surface area contributed by atoms with Gasteiger partial charge in [-0.15, -0.1) is 0 Å². The summed E-state index contributed by atoms with van der Waals surface area (Å²) in [5, 5.41) is 5.68. The van der Waals surface area contributed by atoms with Crippen LogP contribution in [-0.2, 0) is 9.59 Å². The van der Waals surface area contributed by atoms with Crippen molar-refractivity contribution in [2.24, 2.45) is 0 Å². The van der Waals surface area contributed by atoms with Crippen molar-refractivity contribution in [1.29, 1.82) is 0 Å². The third kappa shape index (κ3) is 3.30. The van der Waals surface area contributed by atoms with Crippen LogP contribution in [0.1, 0.15) is 18.5 Å². The van der Waals surface area contributed by atoms with Crippen molar-refractivity contribution in [3.8, 4) is 11.5 Å². The van der Waals surface area contributed by atoms with Gasteiger partial charge in [-0.05, 0) is 24.6 Å². The molecule has 3 rings (SSSR count). The molecule has 7 nitrogen and oxygen atoms in total. The molecule has 2 aliphatic rings. The van der Waals surface area contributed by atoms with Crippen molar-refractivity contribution in [2.75, 3.05) is 33.0 Å². The van der Waals surface area contributed by atoms with Crippen LogP contribution < -0.4 is 20.1 Å². The highest BCUT2D eigenvalue weighted by Gasteiger charge is 2.20. The van der Waals surface area contributed by atoms with Gasteiger partial charge in [0.1, 0.15) is 0 Å². The van der Waals surface area contributed by atoms with Gasteiger partial charge in [-0.25, -0.2) is 0 Å². The number of hydrogen-bond donors (Lipinski definition) is 2. The lowest BCUT2D eigenvalue weighted by molar-refractivity contribution is -0.127. The lowest BCUT2D eigenvalue weighted by Crippen LogP contribution is -2.50. The maximum Gasteiger partial charge on any atom is 0.234 e. The Morgan fingerprint density at radius 1 is 1.41 bits per heavy atom. The van der Waals surface area contributed by atoms with Gasteiger partial charge in [-0.1, -0.05) is 6.07 Å². The molecule has 0 radical (unpaired) electrons. The maximum atomic E-state index is 12.1. The second-order valence-corrected chi connectivity index (χ2v) is 5.46. The summed E-state index contributed by atoms with van der Waals surface area (Å²) in [5.41, 5.74) is 0.953. The van der Waals surface area contributed by atoms with Crippen molar-refractivity contribution >= 4 is 11.8 Å². The van der Waals surface area contributed by atoms with E-state index in [0.717, 1.165) is 11.3 Å². The predicted octanol–water partition coefficient (Wildman–Crippen LogP) is 0.0243. The molecule has 1 fully saturated rings. The molecule has 7 heteroatoms. The average molecular weight is 305 g/mol. The van der Waals surface area contributed by atoms with E-state index >= 15 is 0 Å². The maximum absolute atomic E-state index is 12.1. The second-order valence-electron chi connectivity index (χ2n) is 5.46. The molecule has 2 N–H and O–H groups in total. The fourth-order valence-corrected chi connectivity index (χ4v) is 2.58. The van der Waals surface area contributed by atoms with Crippen LogP contribution in [0.2, 0.25) is 0 Å². The van der Waals surface area contributed by atoms with E-state index in [9.17, 15) is 9.59 Å². The Labute approximate surface area is 128 Å². The Bertz CT molecular complexity index is 590. The van der Waals surface area contributed by atoms with Gasteiger partial charge in [0.05, 0.1) is 19.1 Å². The quantitative estimate of drug-likeness (QED) is 0.820. The summed E-state index contributed by atoms with van der Waals surface area (Å²) >= 11 is 0. The van der Waals surface area contributed by atoms with Gasteiger partial charge in [0, 0.05) is 13.1 Å². The Morgan fingerprint density at radius 2 is 2.23 bits per heavy atom. The van der Waals surface area contributed by atoms with Crippen molar-refractivity contribution in [3.05, 3.63) is 23.8 Å². The van der Waals surface area contributed by atoms with Crippen LogP contribution >= 0.6 is 0 Å². The van der Waals surface area contributed by atoms with Gasteiger partial charge < -0.3 is 20.1 Å². The lowest BCUT2D eigenvalue weighted by Gasteiger charge is -2.26. The lowest BCUT2D eigenvalue weighted by atomic mass is 10.1. The van der Waals surface area contributed by atoms with Crippen molar-refractivity contribution in [3.63, 3.8) is 0 Å². The van der Waals surface area contributed by atoms with Gasteiger partial charge in [-0.3, -0.25) is 14.5 Å². The molecule has 0 saturated carbocycles. The summed E-state index contributed by atoms with van der Waals surface area (Å²) in [6.07, 6.45) is 0. The van der Waals surface area contributed by atoms with E-state index in [2.05, 4.69) is 10.6 Å². The molecule has 0 spiro atoms. The summed E-state index contributed by atoms with van der Waals surface area (Å²) in [4.78, 5) is 25.2. The van der Waals surface area contributed by atoms with E-state index in [1.807, 2.05) is 30.0 Å². The van der Waals surface area contributed by atoms with Crippen LogP contribution in [0, 0.1) is 0 Å². The minimum absolute atomic E-state index is 0.0390. The number of benzene rings is 1. The molecule has 1 atom stereocenters. The molecule has 1 aromatic rings. The van der Waals surface area contributed by atoms with Crippen molar-refractivity contribution in [2.45, 2.75) is 13.0 Å². The number of nitrogens with one attached hydrogen (secondary N) is 2. The zero-order valence-corrected chi connectivity index (χ0v) is 12.4. The normalized spacial score (nSPS) is 18.7. The first-order valence-electron chi connectivity index (χ1n) is 7.30. The minimum Gasteiger partial charge on any atom is -0.454 e. The molecule has 2 heterocycles. The number of fused-ring (bicyclic) bond motifs is 1. The van der Waals surface area contributed by atoms with Gasteiger partial charge in [0.2, 0.25) is 18.6 Å². The van der Waals surface area contributed by atoms with E-state index in [0.29, 0.717) is 18.8 Å². The largest absolute Gasteiger partial charge is 0.454 e. The number of amides is 2. The molecule has 2 amide bonds. The Balaban J connectivity index is 1.55. The van der Waals surface area contributed by atoms with Gasteiger partial charge >= 0.3 is 0 Å². The number of nitrogens with zero attached hydrogens (tertiary/aromatic N) is 1. The minimum atomic E-state index is -0.138. The number of piperazine rings is 1. The third-order valence-electron chi connectivity index (χ3n) is 3.76. The summed E-state index contributed by atoms with van der Waals surface area (Å²) in [7, 11) is 0. The van der Waals surface area contributed by atoms with E-state index in [4.69, 9.17) is 9.47 Å². The number of carbonyl (C=O) groups is 2. The molecule has 1 aromatic carbocycles. The average Bonchev–Trinajstić information content (AvgIpc) is 2.94. The van der Waals surface area contributed by atoms with E-state index in [1.54, 1.807) is 0 Å². The van der Waals surface area contributed by atoms with Crippen molar-refractivity contribution < 1.29 is 19.1 Å². The molecule has 2 aliphatic heterocycles. The van der Waals surface area contributed by atoms with Gasteiger partial charge in [-0.2, -0.15) is 0 Å². The first kappa shape index (κ1) is 14.6. The molecule has 22 heavy (non-hydrogen) atoms. The highest BCUT2D eigenvalue weighted by Crippen LogP contribution is 2.34. The first-order valence-corrected chi connectivity index (χ1v) is 7.30. The first-order chi connectivity index (χ1) is 10.6. The van der Waals surface area contributed by atoms with E-state index in [1.165, 1.54) is 0 Å². The summed E-state index contributed by atoms with van der Waals surface area (Å²) in [5.74, 6) is 1.29. The molecule has 0 aromatic heterocycles. The van der Waals surface area contributed by atoms with Crippen LogP contribution in [0.25, 0.3) is 0 Å². The van der Waals surface area contributed by atoms with Crippen LogP contribution in [0.5, 0.6) is 11.5 Å². The van der Waals surface area contributed by atoms with Crippen molar-refractivity contribution in [1.82, 2.24) is 15.5 Å². The van der Waals surface area contributed by atoms with E-state index < -0.39 is 0 Å². The Morgan fingerprint density at radius 3 is 3.05 bits per heavy atom. The predicted molar refractivity (Wildman–Crippen MR) is 78.6 cm³/mol. The molecule has 0 bridgehead atoms. The second kappa shape index (κ2) is 6.23. The zero-order chi connectivity index (χ0) is 15.5. The number of carbonyl (C=O) groups excluding carboxylic acids is 2. The Hall–Kier alpha value is -2.28. The summed E-state index contributed by atoms with van der Waals surface area (Å²) < 4.78 is 10.6. The van der Waals surface area contributed by atoms with Gasteiger partial charge in [0.25, 0.3) is 0 Å². The molecule has 0 aliphatic carbocycles. The zero-order valence-electron chi connectivity index (χ0n) is 12.4. The third-order valence-corrected chi connectivity index (χ3v) is 3.76. The van der Waals surface area contributed by atoms with Gasteiger partial charge in [0.15, 0.2) is 11.5 Å². The number of rotatable bonds is 4. The summed E-state index contributed by atoms with van der Waals surface area (Å²) in [6, 6.07) is 5.49. The Kier molecular flexibility index (Phi) is 4.15. The standard InChI is InChI=1S/C15H19N3O4/c1-10(11-2-3-12-13(6-11)22-9-21-12)17-15(20)8-18-5-4-16-14(19)7-18/h2-3,6,10H,4-5,7-9H2,1H3,(H,16,19)(H,17,20). The molecule has 1 unspecified atom stereocenters. The smallest absolute Gasteiger partial charge is 0.234 e. The summed E-state index contributed by atoms with van der Waals surface area (Å²) in [6.45, 7) is 3.92. The fourth-order valence-electron chi connectivity index (χ4n) is 2.58. The molecular formula is C15H19N3O4. The molecule has 118 valence electrons. The monoisotopic (exact) mass is 305 g/mol. The van der Waals surface area contributed by atoms with Crippen LogP contribution in [0.4, 0.5) is 0 Å². The highest BCUT2D eigenvalue weighted by molar-refractivity contribution is 5.82. The van der Waals surface area contributed by atoms with E-state index in [-0.39, 0.29) is 37.7 Å². The SMILES string of the molecule is CC(NC(=O)CN1CCNC(=O)C1)c1ccc2c(c1)OCO2. The fraction of sp³-hybridized carbons (Fsp3) is 0.467. The topological polar surface area (TPSA) is 79.9 Å². The number of hydrogen-bond acceptors (Lipinski definition) is 5.